The largest absolute Gasteiger partial charge is 0.407 e. The second-order valence-corrected chi connectivity index (χ2v) is 16.9. The van der Waals surface area contributed by atoms with Gasteiger partial charge in [0.2, 0.25) is 0 Å². The van der Waals surface area contributed by atoms with Gasteiger partial charge in [-0.15, -0.1) is 0 Å². The molecule has 0 saturated heterocycles. The maximum atomic E-state index is 6.97. The molecule has 0 aromatic heterocycles. The fraction of sp³-hybridized carbons (Fsp3) is 0.538. The van der Waals surface area contributed by atoms with Gasteiger partial charge in [0.05, 0.1) is 3.74 Å². The van der Waals surface area contributed by atoms with Crippen LogP contribution in [0.15, 0.2) is 60.7 Å². The third kappa shape index (κ3) is 7.61. The molecular weight excluding hydrogens is 516 g/mol. The molecule has 166 valence electrons. The molecule has 2 aromatic carbocycles. The van der Waals surface area contributed by atoms with Crippen LogP contribution in [0, 0.1) is 0 Å². The molecule has 0 bridgehead atoms. The molecule has 0 atom stereocenters. The summed E-state index contributed by atoms with van der Waals surface area (Å²) in [4.78, 5) is 0. The molecule has 0 amide bonds. The van der Waals surface area contributed by atoms with E-state index >= 15 is 0 Å². The Morgan fingerprint density at radius 3 is 1.57 bits per heavy atom. The van der Waals surface area contributed by atoms with Crippen LogP contribution in [0.5, 0.6) is 0 Å². The summed E-state index contributed by atoms with van der Waals surface area (Å²) in [6.07, 6.45) is 10.3. The van der Waals surface area contributed by atoms with Gasteiger partial charge in [0, 0.05) is 6.61 Å². The van der Waals surface area contributed by atoms with Crippen LogP contribution in [0.1, 0.15) is 72.1 Å². The average Bonchev–Trinajstić information content (AvgIpc) is 2.72. The molecule has 0 aliphatic heterocycles. The summed E-state index contributed by atoms with van der Waals surface area (Å²) in [6, 6.07) is 21.9. The third-order valence-electron chi connectivity index (χ3n) is 5.80. The van der Waals surface area contributed by atoms with Crippen LogP contribution in [-0.2, 0) is 4.43 Å². The summed E-state index contributed by atoms with van der Waals surface area (Å²) in [6.45, 7) is 7.90. The SMILES string of the molecule is CC(C)(C)[Si](OCCCCCCCCCC(Br)Br)(c1ccccc1)c1ccccc1. The quantitative estimate of drug-likeness (QED) is 0.140. The van der Waals surface area contributed by atoms with Crippen molar-refractivity contribution >= 4 is 50.6 Å². The Balaban J connectivity index is 1.95. The molecular formula is C26H38Br2OSi. The lowest BCUT2D eigenvalue weighted by atomic mass is 10.1. The van der Waals surface area contributed by atoms with Gasteiger partial charge in [-0.2, -0.15) is 0 Å². The number of unbranched alkanes of at least 4 members (excludes halogenated alkanes) is 6. The van der Waals surface area contributed by atoms with Gasteiger partial charge in [0.25, 0.3) is 8.32 Å². The van der Waals surface area contributed by atoms with Crippen molar-refractivity contribution in [2.45, 2.75) is 80.9 Å². The van der Waals surface area contributed by atoms with Gasteiger partial charge in [-0.05, 0) is 28.3 Å². The second-order valence-electron chi connectivity index (χ2n) is 9.17. The Bertz CT molecular complexity index is 658. The Labute approximate surface area is 202 Å². The standard InChI is InChI=1S/C26H38Br2OSi/c1-26(2,3)30(23-17-11-9-12-18-23,24-19-13-10-14-20-24)29-22-16-8-6-4-5-7-15-21-25(27)28/h9-14,17-20,25H,4-8,15-16,21-22H2,1-3H3. The molecule has 0 aliphatic carbocycles. The average molecular weight is 554 g/mol. The summed E-state index contributed by atoms with van der Waals surface area (Å²) in [5.74, 6) is 0. The van der Waals surface area contributed by atoms with E-state index in [0.29, 0.717) is 3.74 Å². The maximum Gasteiger partial charge on any atom is 0.261 e. The van der Waals surface area contributed by atoms with E-state index in [9.17, 15) is 0 Å². The highest BCUT2D eigenvalue weighted by Gasteiger charge is 2.49. The zero-order valence-electron chi connectivity index (χ0n) is 18.9. The molecule has 0 unspecified atom stereocenters. The molecule has 30 heavy (non-hydrogen) atoms. The second kappa shape index (κ2) is 13.2. The lowest BCUT2D eigenvalue weighted by Crippen LogP contribution is -2.66. The van der Waals surface area contributed by atoms with E-state index in [1.165, 1.54) is 55.3 Å². The van der Waals surface area contributed by atoms with Crippen molar-refractivity contribution < 1.29 is 4.43 Å². The lowest BCUT2D eigenvalue weighted by Gasteiger charge is -2.43. The van der Waals surface area contributed by atoms with Crippen LogP contribution in [0.3, 0.4) is 0 Å². The number of benzene rings is 2. The van der Waals surface area contributed by atoms with Crippen LogP contribution < -0.4 is 10.4 Å². The summed E-state index contributed by atoms with van der Waals surface area (Å²) >= 11 is 7.11. The predicted octanol–water partition coefficient (Wildman–Crippen LogP) is 7.80. The van der Waals surface area contributed by atoms with Crippen molar-refractivity contribution in [2.24, 2.45) is 0 Å². The normalized spacial score (nSPS) is 12.5. The van der Waals surface area contributed by atoms with Gasteiger partial charge in [0.15, 0.2) is 0 Å². The molecule has 2 aromatic rings. The van der Waals surface area contributed by atoms with E-state index in [4.69, 9.17) is 4.43 Å². The fourth-order valence-corrected chi connectivity index (χ4v) is 9.52. The molecule has 0 fully saturated rings. The van der Waals surface area contributed by atoms with Gasteiger partial charge in [-0.1, -0.05) is 152 Å². The topological polar surface area (TPSA) is 9.23 Å². The van der Waals surface area contributed by atoms with E-state index in [-0.39, 0.29) is 5.04 Å². The van der Waals surface area contributed by atoms with Gasteiger partial charge < -0.3 is 4.43 Å². The summed E-state index contributed by atoms with van der Waals surface area (Å²) in [7, 11) is -2.36. The van der Waals surface area contributed by atoms with Crippen molar-refractivity contribution in [1.29, 1.82) is 0 Å². The van der Waals surface area contributed by atoms with Crippen molar-refractivity contribution in [3.63, 3.8) is 0 Å². The van der Waals surface area contributed by atoms with Crippen LogP contribution in [-0.4, -0.2) is 18.7 Å². The van der Waals surface area contributed by atoms with Gasteiger partial charge in [0.1, 0.15) is 0 Å². The number of alkyl halides is 2. The summed E-state index contributed by atoms with van der Waals surface area (Å²) in [5.41, 5.74) is 0. The van der Waals surface area contributed by atoms with Crippen LogP contribution >= 0.6 is 31.9 Å². The first-order valence-corrected chi connectivity index (χ1v) is 15.1. The van der Waals surface area contributed by atoms with Crippen LogP contribution in [0.4, 0.5) is 0 Å². The van der Waals surface area contributed by atoms with Crippen molar-refractivity contribution in [1.82, 2.24) is 0 Å². The van der Waals surface area contributed by atoms with Crippen LogP contribution in [0.2, 0.25) is 5.04 Å². The van der Waals surface area contributed by atoms with Gasteiger partial charge in [-0.25, -0.2) is 0 Å². The first-order chi connectivity index (χ1) is 14.4. The highest BCUT2D eigenvalue weighted by atomic mass is 79.9. The molecule has 0 heterocycles. The van der Waals surface area contributed by atoms with E-state index < -0.39 is 8.32 Å². The minimum absolute atomic E-state index is 0.0679. The van der Waals surface area contributed by atoms with Gasteiger partial charge in [-0.3, -0.25) is 0 Å². The van der Waals surface area contributed by atoms with E-state index in [1.807, 2.05) is 0 Å². The van der Waals surface area contributed by atoms with E-state index in [0.717, 1.165) is 13.0 Å². The zero-order valence-corrected chi connectivity index (χ0v) is 23.1. The smallest absolute Gasteiger partial charge is 0.261 e. The minimum atomic E-state index is -2.36. The van der Waals surface area contributed by atoms with Gasteiger partial charge >= 0.3 is 0 Å². The van der Waals surface area contributed by atoms with Crippen molar-refractivity contribution in [3.05, 3.63) is 60.7 Å². The lowest BCUT2D eigenvalue weighted by molar-refractivity contribution is 0.286. The Kier molecular flexibility index (Phi) is 11.4. The highest BCUT2D eigenvalue weighted by molar-refractivity contribution is 9.24. The molecule has 0 aliphatic rings. The van der Waals surface area contributed by atoms with E-state index in [1.54, 1.807) is 0 Å². The molecule has 0 radical (unpaired) electrons. The predicted molar refractivity (Wildman–Crippen MR) is 142 cm³/mol. The maximum absolute atomic E-state index is 6.97. The number of hydrogen-bond donors (Lipinski definition) is 0. The van der Waals surface area contributed by atoms with Crippen molar-refractivity contribution in [3.8, 4) is 0 Å². The Morgan fingerprint density at radius 2 is 1.13 bits per heavy atom. The van der Waals surface area contributed by atoms with Crippen LogP contribution in [0.25, 0.3) is 0 Å². The monoisotopic (exact) mass is 552 g/mol. The summed E-state index contributed by atoms with van der Waals surface area (Å²) < 4.78 is 7.44. The molecule has 2 rings (SSSR count). The Hall–Kier alpha value is -0.423. The molecule has 0 saturated carbocycles. The fourth-order valence-electron chi connectivity index (χ4n) is 4.27. The van der Waals surface area contributed by atoms with E-state index in [2.05, 4.69) is 113 Å². The third-order valence-corrected chi connectivity index (χ3v) is 11.8. The zero-order chi connectivity index (χ0) is 21.9. The Morgan fingerprint density at radius 1 is 0.700 bits per heavy atom. The number of halogens is 2. The molecule has 4 heteroatoms. The number of hydrogen-bond acceptors (Lipinski definition) is 1. The molecule has 0 N–H and O–H groups in total. The first-order valence-electron chi connectivity index (χ1n) is 11.4. The summed E-state index contributed by atoms with van der Waals surface area (Å²) in [5, 5.41) is 2.82. The molecule has 1 nitrogen and oxygen atoms in total. The minimum Gasteiger partial charge on any atom is -0.407 e. The molecule has 0 spiro atoms. The highest BCUT2D eigenvalue weighted by Crippen LogP contribution is 2.36. The van der Waals surface area contributed by atoms with Crippen molar-refractivity contribution in [2.75, 3.05) is 6.61 Å². The first kappa shape index (κ1) is 25.8. The number of rotatable bonds is 13.